The molecular formula is C24H45NO3. The maximum Gasteiger partial charge on any atom is 0.333 e. The Balaban J connectivity index is 3.21. The summed E-state index contributed by atoms with van der Waals surface area (Å²) in [6.45, 7) is 7.97. The van der Waals surface area contributed by atoms with Gasteiger partial charge in [-0.3, -0.25) is 4.79 Å². The van der Waals surface area contributed by atoms with Crippen LogP contribution in [-0.2, 0) is 14.3 Å². The quantitative estimate of drug-likeness (QED) is 0.146. The van der Waals surface area contributed by atoms with Crippen molar-refractivity contribution in [2.45, 2.75) is 117 Å². The van der Waals surface area contributed by atoms with E-state index in [1.165, 1.54) is 83.5 Å². The molecule has 164 valence electrons. The minimum atomic E-state index is -0.406. The van der Waals surface area contributed by atoms with Crippen molar-refractivity contribution < 1.29 is 14.3 Å². The van der Waals surface area contributed by atoms with Gasteiger partial charge in [-0.1, -0.05) is 103 Å². The molecular weight excluding hydrogens is 350 g/mol. The van der Waals surface area contributed by atoms with E-state index >= 15 is 0 Å². The van der Waals surface area contributed by atoms with Crippen LogP contribution in [0, 0.1) is 0 Å². The van der Waals surface area contributed by atoms with Crippen LogP contribution in [0.3, 0.4) is 0 Å². The Bertz CT molecular complexity index is 407. The van der Waals surface area contributed by atoms with Crippen LogP contribution in [0.15, 0.2) is 12.2 Å². The average molecular weight is 396 g/mol. The third kappa shape index (κ3) is 19.4. The van der Waals surface area contributed by atoms with Gasteiger partial charge >= 0.3 is 5.97 Å². The van der Waals surface area contributed by atoms with Crippen LogP contribution in [0.2, 0.25) is 0 Å². The maximum absolute atomic E-state index is 11.7. The lowest BCUT2D eigenvalue weighted by atomic mass is 10.0. The van der Waals surface area contributed by atoms with E-state index in [9.17, 15) is 9.59 Å². The fraction of sp³-hybridized carbons (Fsp3) is 0.833. The Morgan fingerprint density at radius 3 is 1.61 bits per heavy atom. The number of rotatable bonds is 20. The Labute approximate surface area is 173 Å². The lowest BCUT2D eigenvalue weighted by Crippen LogP contribution is -2.27. The molecule has 0 aliphatic heterocycles. The predicted octanol–water partition coefficient (Wildman–Crippen LogP) is 6.48. The third-order valence-electron chi connectivity index (χ3n) is 5.01. The van der Waals surface area contributed by atoms with Gasteiger partial charge in [-0.2, -0.15) is 0 Å². The first kappa shape index (κ1) is 26.7. The number of carbonyl (C=O) groups is 2. The molecule has 0 aliphatic carbocycles. The Hall–Kier alpha value is -1.32. The van der Waals surface area contributed by atoms with Crippen molar-refractivity contribution in [3.8, 4) is 0 Å². The molecule has 0 unspecified atom stereocenters. The van der Waals surface area contributed by atoms with Crippen LogP contribution in [0.25, 0.3) is 0 Å². The highest BCUT2D eigenvalue weighted by molar-refractivity contribution is 5.86. The number of carbonyl (C=O) groups excluding carboxylic acids is 2. The maximum atomic E-state index is 11.7. The van der Waals surface area contributed by atoms with Crippen LogP contribution < -0.4 is 5.32 Å². The molecule has 0 saturated heterocycles. The van der Waals surface area contributed by atoms with Gasteiger partial charge in [0.25, 0.3) is 0 Å². The highest BCUT2D eigenvalue weighted by Gasteiger charge is 2.04. The van der Waals surface area contributed by atoms with Crippen molar-refractivity contribution in [2.75, 3.05) is 13.2 Å². The van der Waals surface area contributed by atoms with Crippen LogP contribution in [-0.4, -0.2) is 25.0 Å². The molecule has 4 nitrogen and oxygen atoms in total. The van der Waals surface area contributed by atoms with Crippen LogP contribution in [0.1, 0.15) is 117 Å². The fourth-order valence-corrected chi connectivity index (χ4v) is 3.20. The number of amides is 1. The molecule has 0 aromatic heterocycles. The highest BCUT2D eigenvalue weighted by atomic mass is 16.5. The van der Waals surface area contributed by atoms with Crippen LogP contribution in [0.5, 0.6) is 0 Å². The molecule has 0 aromatic rings. The molecule has 0 aliphatic rings. The number of ether oxygens (including phenoxy) is 1. The minimum absolute atomic E-state index is 0.0427. The van der Waals surface area contributed by atoms with Gasteiger partial charge in [0.15, 0.2) is 0 Å². The summed E-state index contributed by atoms with van der Waals surface area (Å²) < 4.78 is 4.93. The Morgan fingerprint density at radius 1 is 0.750 bits per heavy atom. The first-order chi connectivity index (χ1) is 13.6. The van der Waals surface area contributed by atoms with E-state index < -0.39 is 5.97 Å². The number of esters is 1. The van der Waals surface area contributed by atoms with Crippen molar-refractivity contribution in [2.24, 2.45) is 0 Å². The number of nitrogens with one attached hydrogen (secondary N) is 1. The van der Waals surface area contributed by atoms with Crippen molar-refractivity contribution in [1.29, 1.82) is 0 Å². The van der Waals surface area contributed by atoms with Crippen molar-refractivity contribution in [1.82, 2.24) is 5.32 Å². The van der Waals surface area contributed by atoms with Crippen molar-refractivity contribution in [3.05, 3.63) is 12.2 Å². The van der Waals surface area contributed by atoms with Crippen molar-refractivity contribution in [3.63, 3.8) is 0 Å². The van der Waals surface area contributed by atoms with Gasteiger partial charge in [0, 0.05) is 12.0 Å². The van der Waals surface area contributed by atoms with Crippen molar-refractivity contribution >= 4 is 11.9 Å². The van der Waals surface area contributed by atoms with E-state index in [1.807, 2.05) is 0 Å². The molecule has 0 rings (SSSR count). The van der Waals surface area contributed by atoms with Gasteiger partial charge in [0.05, 0.1) is 6.54 Å². The topological polar surface area (TPSA) is 55.4 Å². The third-order valence-corrected chi connectivity index (χ3v) is 5.01. The van der Waals surface area contributed by atoms with E-state index in [0.29, 0.717) is 18.5 Å². The molecule has 0 aromatic carbocycles. The minimum Gasteiger partial charge on any atom is -0.460 e. The monoisotopic (exact) mass is 395 g/mol. The predicted molar refractivity (Wildman–Crippen MR) is 118 cm³/mol. The molecule has 0 heterocycles. The molecule has 1 N–H and O–H groups in total. The van der Waals surface area contributed by atoms with E-state index in [2.05, 4.69) is 18.8 Å². The molecule has 0 atom stereocenters. The summed E-state index contributed by atoms with van der Waals surface area (Å²) in [7, 11) is 0. The number of hydrogen-bond donors (Lipinski definition) is 1. The SMILES string of the molecule is C=C(C)C(=O)OCCNC(=O)CCCCCCCCCCCCCCCCC. The van der Waals surface area contributed by atoms with Gasteiger partial charge in [0.2, 0.25) is 5.91 Å². The van der Waals surface area contributed by atoms with Gasteiger partial charge in [-0.25, -0.2) is 4.79 Å². The molecule has 0 radical (unpaired) electrons. The molecule has 0 saturated carbocycles. The number of unbranched alkanes of at least 4 members (excludes halogenated alkanes) is 14. The zero-order chi connectivity index (χ0) is 20.9. The van der Waals surface area contributed by atoms with E-state index in [-0.39, 0.29) is 12.5 Å². The Morgan fingerprint density at radius 2 is 1.18 bits per heavy atom. The zero-order valence-electron chi connectivity index (χ0n) is 18.7. The van der Waals surface area contributed by atoms with E-state index in [4.69, 9.17) is 4.74 Å². The molecule has 0 fully saturated rings. The zero-order valence-corrected chi connectivity index (χ0v) is 18.7. The second kappa shape index (κ2) is 20.4. The largest absolute Gasteiger partial charge is 0.460 e. The summed E-state index contributed by atoms with van der Waals surface area (Å²) in [5.74, 6) is -0.363. The average Bonchev–Trinajstić information content (AvgIpc) is 2.68. The first-order valence-electron chi connectivity index (χ1n) is 11.7. The standard InChI is InChI=1S/C24H45NO3/c1-4-5-6-7-8-9-10-11-12-13-14-15-16-17-18-19-23(26)25-20-21-28-24(27)22(2)3/h2,4-21H2,1,3H3,(H,25,26). The summed E-state index contributed by atoms with van der Waals surface area (Å²) >= 11 is 0. The van der Waals surface area contributed by atoms with Crippen LogP contribution >= 0.6 is 0 Å². The fourth-order valence-electron chi connectivity index (χ4n) is 3.20. The normalized spacial score (nSPS) is 10.6. The first-order valence-corrected chi connectivity index (χ1v) is 11.7. The van der Waals surface area contributed by atoms with E-state index in [1.54, 1.807) is 6.92 Å². The molecule has 0 bridgehead atoms. The Kier molecular flexibility index (Phi) is 19.5. The lowest BCUT2D eigenvalue weighted by molar-refractivity contribution is -0.139. The van der Waals surface area contributed by atoms with E-state index in [0.717, 1.165) is 12.8 Å². The van der Waals surface area contributed by atoms with Gasteiger partial charge in [-0.15, -0.1) is 0 Å². The lowest BCUT2D eigenvalue weighted by Gasteiger charge is -2.06. The molecule has 1 amide bonds. The van der Waals surface area contributed by atoms with Crippen LogP contribution in [0.4, 0.5) is 0 Å². The van der Waals surface area contributed by atoms with Gasteiger partial charge < -0.3 is 10.1 Å². The summed E-state index contributed by atoms with van der Waals surface area (Å²) in [6.07, 6.45) is 20.4. The second-order valence-corrected chi connectivity index (χ2v) is 7.97. The summed E-state index contributed by atoms with van der Waals surface area (Å²) in [5, 5.41) is 2.78. The molecule has 28 heavy (non-hydrogen) atoms. The molecule has 0 spiro atoms. The van der Waals surface area contributed by atoms with Gasteiger partial charge in [0.1, 0.15) is 6.61 Å². The smallest absolute Gasteiger partial charge is 0.333 e. The summed E-state index contributed by atoms with van der Waals surface area (Å²) in [5.41, 5.74) is 0.379. The summed E-state index contributed by atoms with van der Waals surface area (Å²) in [4.78, 5) is 22.9. The second-order valence-electron chi connectivity index (χ2n) is 7.97. The van der Waals surface area contributed by atoms with Gasteiger partial charge in [-0.05, 0) is 13.3 Å². The summed E-state index contributed by atoms with van der Waals surface area (Å²) in [6, 6.07) is 0. The molecule has 4 heteroatoms. The highest BCUT2D eigenvalue weighted by Crippen LogP contribution is 2.13. The number of hydrogen-bond acceptors (Lipinski definition) is 3.